The Balaban J connectivity index is 0. The van der Waals surface area contributed by atoms with Crippen molar-refractivity contribution >= 4 is 11.9 Å². The molecule has 1 unspecified atom stereocenters. The maximum Gasteiger partial charge on any atom is 0.320 e. The van der Waals surface area contributed by atoms with Crippen LogP contribution in [0.5, 0.6) is 0 Å². The molecule has 8 N–H and O–H groups in total. The van der Waals surface area contributed by atoms with Crippen molar-refractivity contribution in [3.8, 4) is 0 Å². The fourth-order valence-electron chi connectivity index (χ4n) is 1.24. The van der Waals surface area contributed by atoms with Crippen LogP contribution >= 0.6 is 0 Å². The maximum atomic E-state index is 10.1. The quantitative estimate of drug-likeness (QED) is 0.390. The van der Waals surface area contributed by atoms with Gasteiger partial charge in [0.25, 0.3) is 0 Å². The highest BCUT2D eigenvalue weighted by molar-refractivity contribution is 5.73. The van der Waals surface area contributed by atoms with E-state index in [0.717, 1.165) is 12.8 Å². The van der Waals surface area contributed by atoms with Crippen molar-refractivity contribution in [2.24, 2.45) is 23.1 Å². The molecule has 0 bridgehead atoms. The van der Waals surface area contributed by atoms with Gasteiger partial charge < -0.3 is 27.4 Å². The fraction of sp³-hybridized carbons (Fsp3) is 0.833. The van der Waals surface area contributed by atoms with Crippen molar-refractivity contribution < 1.29 is 19.8 Å². The number of hydrogen-bond donors (Lipinski definition) is 5. The molecule has 19 heavy (non-hydrogen) atoms. The van der Waals surface area contributed by atoms with E-state index in [-0.39, 0.29) is 0 Å². The predicted octanol–water partition coefficient (Wildman–Crippen LogP) is -0.0283. The van der Waals surface area contributed by atoms with Crippen LogP contribution in [0.25, 0.3) is 0 Å². The van der Waals surface area contributed by atoms with Crippen LogP contribution in [0.3, 0.4) is 0 Å². The summed E-state index contributed by atoms with van der Waals surface area (Å²) in [6.07, 6.45) is 2.72. The number of aliphatic carboxylic acids is 2. The Morgan fingerprint density at radius 2 is 1.47 bits per heavy atom. The summed E-state index contributed by atoms with van der Waals surface area (Å²) < 4.78 is 0. The van der Waals surface area contributed by atoms with Gasteiger partial charge in [-0.1, -0.05) is 20.3 Å². The van der Waals surface area contributed by atoms with Gasteiger partial charge >= 0.3 is 11.9 Å². The summed E-state index contributed by atoms with van der Waals surface area (Å²) >= 11 is 0. The highest BCUT2D eigenvalue weighted by Gasteiger charge is 2.12. The Kier molecular flexibility index (Phi) is 12.6. The van der Waals surface area contributed by atoms with E-state index in [9.17, 15) is 9.59 Å². The van der Waals surface area contributed by atoms with Crippen LogP contribution in [0, 0.1) is 5.92 Å². The Labute approximate surface area is 114 Å². The number of hydrogen-bond acceptors (Lipinski definition) is 5. The third kappa shape index (κ3) is 14.8. The van der Waals surface area contributed by atoms with Crippen molar-refractivity contribution in [1.82, 2.24) is 0 Å². The molecule has 0 saturated carbocycles. The first-order chi connectivity index (χ1) is 8.72. The van der Waals surface area contributed by atoms with Crippen LogP contribution < -0.4 is 17.2 Å². The average Bonchev–Trinajstić information content (AvgIpc) is 2.28. The molecule has 0 saturated heterocycles. The number of unbranched alkanes of at least 4 members (excludes halogenated alkanes) is 1. The predicted molar refractivity (Wildman–Crippen MR) is 73.6 cm³/mol. The first-order valence-corrected chi connectivity index (χ1v) is 6.39. The summed E-state index contributed by atoms with van der Waals surface area (Å²) in [5.74, 6) is -1.49. The molecular weight excluding hydrogens is 250 g/mol. The zero-order valence-electron chi connectivity index (χ0n) is 11.7. The van der Waals surface area contributed by atoms with E-state index in [2.05, 4.69) is 0 Å². The zero-order chi connectivity index (χ0) is 15.4. The molecule has 0 amide bonds. The van der Waals surface area contributed by atoms with Crippen LogP contribution in [-0.2, 0) is 9.59 Å². The van der Waals surface area contributed by atoms with Gasteiger partial charge in [0.15, 0.2) is 0 Å². The molecule has 0 rings (SSSR count). The summed E-state index contributed by atoms with van der Waals surface area (Å²) in [4.78, 5) is 20.2. The first kappa shape index (κ1) is 20.1. The molecule has 0 aromatic heterocycles. The SMILES string of the molecule is CC(C)CC(N)C(=O)O.NCCCC[C@H](N)C(=O)O. The monoisotopic (exact) mass is 277 g/mol. The molecule has 0 aliphatic carbocycles. The molecular formula is C12H27N3O4. The number of carboxylic acids is 2. The van der Waals surface area contributed by atoms with Crippen molar-refractivity contribution in [3.05, 3.63) is 0 Å². The summed E-state index contributed by atoms with van der Waals surface area (Å²) in [6, 6.07) is -1.41. The molecule has 2 atom stereocenters. The fourth-order valence-corrected chi connectivity index (χ4v) is 1.24. The highest BCUT2D eigenvalue weighted by atomic mass is 16.4. The molecule has 0 spiro atoms. The molecule has 0 aromatic carbocycles. The van der Waals surface area contributed by atoms with E-state index in [1.54, 1.807) is 0 Å². The van der Waals surface area contributed by atoms with E-state index in [0.29, 0.717) is 25.3 Å². The van der Waals surface area contributed by atoms with Crippen molar-refractivity contribution in [1.29, 1.82) is 0 Å². The second-order valence-electron chi connectivity index (χ2n) is 4.80. The molecule has 0 aliphatic heterocycles. The topological polar surface area (TPSA) is 153 Å². The number of rotatable bonds is 8. The van der Waals surface area contributed by atoms with Gasteiger partial charge in [-0.05, 0) is 31.7 Å². The summed E-state index contributed by atoms with van der Waals surface area (Å²) in [5.41, 5.74) is 15.6. The Morgan fingerprint density at radius 3 is 1.74 bits per heavy atom. The van der Waals surface area contributed by atoms with Crippen molar-refractivity contribution in [3.63, 3.8) is 0 Å². The van der Waals surface area contributed by atoms with Crippen LogP contribution in [-0.4, -0.2) is 40.8 Å². The molecule has 7 nitrogen and oxygen atoms in total. The summed E-state index contributed by atoms with van der Waals surface area (Å²) in [7, 11) is 0. The number of carboxylic acid groups (broad SMARTS) is 2. The summed E-state index contributed by atoms with van der Waals surface area (Å²) in [6.45, 7) is 4.50. The van der Waals surface area contributed by atoms with E-state index in [1.165, 1.54) is 0 Å². The van der Waals surface area contributed by atoms with Crippen LogP contribution in [0.2, 0.25) is 0 Å². The largest absolute Gasteiger partial charge is 0.480 e. The van der Waals surface area contributed by atoms with Crippen LogP contribution in [0.1, 0.15) is 39.5 Å². The van der Waals surface area contributed by atoms with Gasteiger partial charge in [0.1, 0.15) is 12.1 Å². The van der Waals surface area contributed by atoms with Crippen molar-refractivity contribution in [2.45, 2.75) is 51.6 Å². The lowest BCUT2D eigenvalue weighted by molar-refractivity contribution is -0.139. The lowest BCUT2D eigenvalue weighted by atomic mass is 10.1. The molecule has 0 fully saturated rings. The van der Waals surface area contributed by atoms with Gasteiger partial charge in [-0.25, -0.2) is 0 Å². The van der Waals surface area contributed by atoms with E-state index in [1.807, 2.05) is 13.8 Å². The lowest BCUT2D eigenvalue weighted by Crippen LogP contribution is -2.31. The molecule has 7 heteroatoms. The highest BCUT2D eigenvalue weighted by Crippen LogP contribution is 2.01. The van der Waals surface area contributed by atoms with E-state index < -0.39 is 24.0 Å². The van der Waals surface area contributed by atoms with Gasteiger partial charge in [0.05, 0.1) is 0 Å². The Bertz CT molecular complexity index is 259. The first-order valence-electron chi connectivity index (χ1n) is 6.39. The van der Waals surface area contributed by atoms with Gasteiger partial charge in [0, 0.05) is 0 Å². The summed E-state index contributed by atoms with van der Waals surface area (Å²) in [5, 5.41) is 16.6. The smallest absolute Gasteiger partial charge is 0.320 e. The van der Waals surface area contributed by atoms with Gasteiger partial charge in [0.2, 0.25) is 0 Å². The van der Waals surface area contributed by atoms with Crippen molar-refractivity contribution in [2.75, 3.05) is 6.54 Å². The molecule has 114 valence electrons. The van der Waals surface area contributed by atoms with Crippen LogP contribution in [0.4, 0.5) is 0 Å². The molecule has 0 aromatic rings. The molecule has 0 radical (unpaired) electrons. The lowest BCUT2D eigenvalue weighted by Gasteiger charge is -2.07. The molecule has 0 aliphatic rings. The molecule has 0 heterocycles. The van der Waals surface area contributed by atoms with Gasteiger partial charge in [-0.2, -0.15) is 0 Å². The average molecular weight is 277 g/mol. The minimum absolute atomic E-state index is 0.357. The Hall–Kier alpha value is -1.18. The third-order valence-corrected chi connectivity index (χ3v) is 2.33. The zero-order valence-corrected chi connectivity index (χ0v) is 11.7. The van der Waals surface area contributed by atoms with Gasteiger partial charge in [-0.3, -0.25) is 9.59 Å². The maximum absolute atomic E-state index is 10.1. The van der Waals surface area contributed by atoms with E-state index >= 15 is 0 Å². The van der Waals surface area contributed by atoms with Crippen LogP contribution in [0.15, 0.2) is 0 Å². The van der Waals surface area contributed by atoms with Gasteiger partial charge in [-0.15, -0.1) is 0 Å². The third-order valence-electron chi connectivity index (χ3n) is 2.33. The normalized spacial score (nSPS) is 13.4. The second kappa shape index (κ2) is 11.9. The second-order valence-corrected chi connectivity index (χ2v) is 4.80. The minimum Gasteiger partial charge on any atom is -0.480 e. The Morgan fingerprint density at radius 1 is 1.00 bits per heavy atom. The number of carbonyl (C=O) groups is 2. The van der Waals surface area contributed by atoms with E-state index in [4.69, 9.17) is 27.4 Å². The standard InChI is InChI=1S/C6H14N2O2.C6H13NO2/c7-4-2-1-3-5(8)6(9)10;1-4(2)3-5(7)6(8)9/h5H,1-4,7-8H2,(H,9,10);4-5H,3,7H2,1-2H3,(H,8,9)/t5-;/m0./s1. The number of nitrogens with two attached hydrogens (primary N) is 3. The minimum atomic E-state index is -0.933.